The van der Waals surface area contributed by atoms with Gasteiger partial charge in [0, 0.05) is 12.6 Å². The van der Waals surface area contributed by atoms with Gasteiger partial charge in [-0.25, -0.2) is 0 Å². The second-order valence-electron chi connectivity index (χ2n) is 8.02. The molecule has 0 spiro atoms. The van der Waals surface area contributed by atoms with Crippen LogP contribution in [0.5, 0.6) is 0 Å². The van der Waals surface area contributed by atoms with E-state index in [1.165, 1.54) is 24.0 Å². The van der Waals surface area contributed by atoms with E-state index in [0.717, 1.165) is 24.9 Å². The molecule has 3 atom stereocenters. The van der Waals surface area contributed by atoms with Crippen LogP contribution in [0.15, 0.2) is 72.3 Å². The van der Waals surface area contributed by atoms with Crippen molar-refractivity contribution in [2.24, 2.45) is 5.92 Å². The number of allylic oxidation sites excluding steroid dienone is 1. The Labute approximate surface area is 168 Å². The highest BCUT2D eigenvalue weighted by atomic mass is 16.5. The predicted octanol–water partition coefficient (Wildman–Crippen LogP) is 5.12. The van der Waals surface area contributed by atoms with Crippen LogP contribution in [0, 0.1) is 5.92 Å². The van der Waals surface area contributed by atoms with E-state index < -0.39 is 0 Å². The highest BCUT2D eigenvalue weighted by Crippen LogP contribution is 2.42. The summed E-state index contributed by atoms with van der Waals surface area (Å²) in [5.74, 6) is 0.512. The maximum atomic E-state index is 13.0. The van der Waals surface area contributed by atoms with Crippen LogP contribution in [0.1, 0.15) is 43.7 Å². The quantitative estimate of drug-likeness (QED) is 0.537. The van der Waals surface area contributed by atoms with Gasteiger partial charge in [0.15, 0.2) is 0 Å². The van der Waals surface area contributed by atoms with E-state index in [1.807, 2.05) is 36.4 Å². The minimum Gasteiger partial charge on any atom is -0.460 e. The van der Waals surface area contributed by atoms with Crippen LogP contribution in [0.4, 0.5) is 0 Å². The minimum atomic E-state index is -0.143. The van der Waals surface area contributed by atoms with Crippen LogP contribution in [0.25, 0.3) is 0 Å². The van der Waals surface area contributed by atoms with Crippen molar-refractivity contribution in [2.75, 3.05) is 0 Å². The number of fused-ring (bicyclic) bond motifs is 1. The Morgan fingerprint density at radius 2 is 1.75 bits per heavy atom. The molecule has 1 saturated heterocycles. The molecule has 3 nitrogen and oxygen atoms in total. The van der Waals surface area contributed by atoms with Gasteiger partial charge in [-0.3, -0.25) is 9.69 Å². The van der Waals surface area contributed by atoms with Crippen molar-refractivity contribution in [3.8, 4) is 0 Å². The largest absolute Gasteiger partial charge is 0.460 e. The number of hydrogen-bond donors (Lipinski definition) is 0. The molecule has 28 heavy (non-hydrogen) atoms. The first-order chi connectivity index (χ1) is 13.7. The number of benzene rings is 2. The van der Waals surface area contributed by atoms with Crippen molar-refractivity contribution < 1.29 is 9.53 Å². The van der Waals surface area contributed by atoms with Gasteiger partial charge < -0.3 is 4.74 Å². The molecule has 1 heterocycles. The summed E-state index contributed by atoms with van der Waals surface area (Å²) in [5, 5.41) is 0. The maximum absolute atomic E-state index is 13.0. The Bertz CT molecular complexity index is 815. The average Bonchev–Trinajstić information content (AvgIpc) is 3.11. The second kappa shape index (κ2) is 8.74. The van der Waals surface area contributed by atoms with Crippen molar-refractivity contribution in [3.63, 3.8) is 0 Å². The summed E-state index contributed by atoms with van der Waals surface area (Å²) < 4.78 is 5.74. The maximum Gasteiger partial charge on any atom is 0.323 e. The van der Waals surface area contributed by atoms with Gasteiger partial charge in [-0.2, -0.15) is 0 Å². The fraction of sp³-hybridized carbons (Fsp3) is 0.400. The van der Waals surface area contributed by atoms with Crippen LogP contribution in [-0.2, 0) is 22.7 Å². The van der Waals surface area contributed by atoms with Gasteiger partial charge in [0.05, 0.1) is 0 Å². The highest BCUT2D eigenvalue weighted by Gasteiger charge is 2.46. The SMILES string of the molecule is CC=C1CCC2CC(C(=O)OCc3ccccc3)N(Cc3ccccc3)[C@@H]2C1. The fourth-order valence-corrected chi connectivity index (χ4v) is 4.76. The summed E-state index contributed by atoms with van der Waals surface area (Å²) in [6.07, 6.45) is 6.61. The number of nitrogens with zero attached hydrogens (tertiary/aromatic N) is 1. The van der Waals surface area contributed by atoms with Crippen molar-refractivity contribution in [1.82, 2.24) is 4.90 Å². The van der Waals surface area contributed by atoms with Gasteiger partial charge in [-0.1, -0.05) is 72.3 Å². The van der Waals surface area contributed by atoms with Gasteiger partial charge in [0.2, 0.25) is 0 Å². The number of rotatable bonds is 5. The smallest absolute Gasteiger partial charge is 0.323 e. The van der Waals surface area contributed by atoms with Gasteiger partial charge in [-0.05, 0) is 49.7 Å². The third kappa shape index (κ3) is 4.20. The van der Waals surface area contributed by atoms with E-state index in [9.17, 15) is 4.79 Å². The van der Waals surface area contributed by atoms with Crippen molar-refractivity contribution in [2.45, 2.75) is 57.8 Å². The molecule has 0 amide bonds. The molecule has 2 aliphatic rings. The Morgan fingerprint density at radius 1 is 1.07 bits per heavy atom. The monoisotopic (exact) mass is 375 g/mol. The molecular formula is C25H29NO2. The molecule has 0 radical (unpaired) electrons. The third-order valence-electron chi connectivity index (χ3n) is 6.32. The molecule has 2 unspecified atom stereocenters. The molecule has 3 heteroatoms. The van der Waals surface area contributed by atoms with Crippen molar-refractivity contribution in [3.05, 3.63) is 83.4 Å². The van der Waals surface area contributed by atoms with Crippen molar-refractivity contribution >= 4 is 5.97 Å². The summed E-state index contributed by atoms with van der Waals surface area (Å²) in [6.45, 7) is 3.30. The Balaban J connectivity index is 1.51. The lowest BCUT2D eigenvalue weighted by molar-refractivity contribution is -0.151. The van der Waals surface area contributed by atoms with E-state index in [2.05, 4.69) is 42.2 Å². The van der Waals surface area contributed by atoms with E-state index in [4.69, 9.17) is 4.74 Å². The number of likely N-dealkylation sites (tertiary alicyclic amines) is 1. The molecule has 0 bridgehead atoms. The normalized spacial score (nSPS) is 26.2. The van der Waals surface area contributed by atoms with Crippen LogP contribution < -0.4 is 0 Å². The van der Waals surface area contributed by atoms with Gasteiger partial charge in [0.25, 0.3) is 0 Å². The van der Waals surface area contributed by atoms with Crippen LogP contribution >= 0.6 is 0 Å². The molecule has 1 aliphatic carbocycles. The standard InChI is InChI=1S/C25H29NO2/c1-2-19-13-14-22-16-24(25(27)28-18-21-11-7-4-8-12-21)26(23(22)15-19)17-20-9-5-3-6-10-20/h2-12,22-24H,13-18H2,1H3/t22?,23-,24?/m1/s1. The summed E-state index contributed by atoms with van der Waals surface area (Å²) in [4.78, 5) is 15.4. The van der Waals surface area contributed by atoms with Gasteiger partial charge >= 0.3 is 5.97 Å². The first kappa shape index (κ1) is 18.9. The van der Waals surface area contributed by atoms with Crippen LogP contribution in [0.2, 0.25) is 0 Å². The molecule has 1 saturated carbocycles. The lowest BCUT2D eigenvalue weighted by Crippen LogP contribution is -2.42. The number of ether oxygens (including phenoxy) is 1. The Morgan fingerprint density at radius 3 is 2.43 bits per heavy atom. The molecule has 146 valence electrons. The van der Waals surface area contributed by atoms with Crippen molar-refractivity contribution in [1.29, 1.82) is 0 Å². The topological polar surface area (TPSA) is 29.5 Å². The van der Waals surface area contributed by atoms with Crippen LogP contribution in [0.3, 0.4) is 0 Å². The van der Waals surface area contributed by atoms with Gasteiger partial charge in [0.1, 0.15) is 12.6 Å². The molecule has 2 fully saturated rings. The van der Waals surface area contributed by atoms with Gasteiger partial charge in [-0.15, -0.1) is 0 Å². The Kier molecular flexibility index (Phi) is 5.92. The predicted molar refractivity (Wildman–Crippen MR) is 112 cm³/mol. The van der Waals surface area contributed by atoms with E-state index in [1.54, 1.807) is 0 Å². The first-order valence-corrected chi connectivity index (χ1v) is 10.4. The highest BCUT2D eigenvalue weighted by molar-refractivity contribution is 5.76. The molecular weight excluding hydrogens is 346 g/mol. The molecule has 2 aromatic rings. The number of hydrogen-bond acceptors (Lipinski definition) is 3. The summed E-state index contributed by atoms with van der Waals surface area (Å²) in [6, 6.07) is 20.7. The van der Waals surface area contributed by atoms with E-state index in [0.29, 0.717) is 18.6 Å². The average molecular weight is 376 g/mol. The van der Waals surface area contributed by atoms with E-state index >= 15 is 0 Å². The minimum absolute atomic E-state index is 0.0730. The number of carbonyl (C=O) groups is 1. The summed E-state index contributed by atoms with van der Waals surface area (Å²) in [7, 11) is 0. The second-order valence-corrected chi connectivity index (χ2v) is 8.02. The lowest BCUT2D eigenvalue weighted by atomic mass is 9.81. The zero-order valence-electron chi connectivity index (χ0n) is 16.6. The summed E-state index contributed by atoms with van der Waals surface area (Å²) in [5.41, 5.74) is 3.83. The van der Waals surface area contributed by atoms with E-state index in [-0.39, 0.29) is 12.0 Å². The number of carbonyl (C=O) groups excluding carboxylic acids is 1. The molecule has 0 aromatic heterocycles. The molecule has 0 N–H and O–H groups in total. The summed E-state index contributed by atoms with van der Waals surface area (Å²) >= 11 is 0. The number of esters is 1. The zero-order valence-corrected chi connectivity index (χ0v) is 16.6. The third-order valence-corrected chi connectivity index (χ3v) is 6.32. The molecule has 4 rings (SSSR count). The molecule has 2 aromatic carbocycles. The lowest BCUT2D eigenvalue weighted by Gasteiger charge is -2.34. The molecule has 1 aliphatic heterocycles. The first-order valence-electron chi connectivity index (χ1n) is 10.4. The fourth-order valence-electron chi connectivity index (χ4n) is 4.76. The van der Waals surface area contributed by atoms with Crippen LogP contribution in [-0.4, -0.2) is 23.0 Å². The Hall–Kier alpha value is -2.39. The zero-order chi connectivity index (χ0) is 19.3.